The van der Waals surface area contributed by atoms with Gasteiger partial charge in [-0.05, 0) is 18.8 Å². The van der Waals surface area contributed by atoms with E-state index in [0.29, 0.717) is 11.7 Å². The van der Waals surface area contributed by atoms with E-state index in [-0.39, 0.29) is 6.10 Å². The smallest absolute Gasteiger partial charge is 0.180 e. The monoisotopic (exact) mass is 218 g/mol. The number of hydrazine groups is 1. The van der Waals surface area contributed by atoms with Crippen molar-refractivity contribution >= 4 is 17.3 Å². The molecule has 6 heteroatoms. The Morgan fingerprint density at radius 3 is 3.14 bits per heavy atom. The molecule has 1 saturated heterocycles. The summed E-state index contributed by atoms with van der Waals surface area (Å²) in [6, 6.07) is 0. The lowest BCUT2D eigenvalue weighted by atomic mass is 10.2. The molecule has 14 heavy (non-hydrogen) atoms. The third-order valence-corrected chi connectivity index (χ3v) is 2.55. The van der Waals surface area contributed by atoms with Crippen LogP contribution in [0.5, 0.6) is 0 Å². The van der Waals surface area contributed by atoms with E-state index in [2.05, 4.69) is 22.6 Å². The molecule has 4 N–H and O–H groups in total. The quantitative estimate of drug-likeness (QED) is 0.322. The molecule has 0 aliphatic carbocycles. The molecule has 1 atom stereocenters. The summed E-state index contributed by atoms with van der Waals surface area (Å²) in [6.45, 7) is 6.70. The molecule has 0 spiro atoms. The number of morpholine rings is 1. The average Bonchev–Trinajstić information content (AvgIpc) is 2.26. The van der Waals surface area contributed by atoms with Crippen LogP contribution in [0.3, 0.4) is 0 Å². The van der Waals surface area contributed by atoms with Crippen molar-refractivity contribution < 1.29 is 4.74 Å². The van der Waals surface area contributed by atoms with Crippen molar-refractivity contribution in [1.82, 2.24) is 15.6 Å². The van der Waals surface area contributed by atoms with Crippen LogP contribution in [0, 0.1) is 0 Å². The van der Waals surface area contributed by atoms with Gasteiger partial charge in [0.05, 0.1) is 12.7 Å². The lowest BCUT2D eigenvalue weighted by Gasteiger charge is -2.32. The van der Waals surface area contributed by atoms with Gasteiger partial charge in [0.1, 0.15) is 0 Å². The summed E-state index contributed by atoms with van der Waals surface area (Å²) >= 11 is 4.87. The van der Waals surface area contributed by atoms with Gasteiger partial charge < -0.3 is 15.5 Å². The molecule has 1 unspecified atom stereocenters. The maximum atomic E-state index is 5.57. The molecule has 1 aliphatic heterocycles. The second-order valence-corrected chi connectivity index (χ2v) is 3.65. The van der Waals surface area contributed by atoms with E-state index < -0.39 is 0 Å². The normalized spacial score (nSPS) is 23.1. The summed E-state index contributed by atoms with van der Waals surface area (Å²) in [5, 5.41) is 3.45. The van der Waals surface area contributed by atoms with Crippen LogP contribution in [0.25, 0.3) is 0 Å². The summed E-state index contributed by atoms with van der Waals surface area (Å²) < 4.78 is 5.57. The highest BCUT2D eigenvalue weighted by Crippen LogP contribution is 2.03. The van der Waals surface area contributed by atoms with Gasteiger partial charge in [-0.2, -0.15) is 0 Å². The number of hydrogen-bond acceptors (Lipinski definition) is 4. The first-order valence-electron chi connectivity index (χ1n) is 4.84. The first-order chi connectivity index (χ1) is 6.76. The van der Waals surface area contributed by atoms with Crippen LogP contribution >= 0.6 is 12.2 Å². The fourth-order valence-corrected chi connectivity index (χ4v) is 1.53. The molecule has 1 fully saturated rings. The Morgan fingerprint density at radius 2 is 2.50 bits per heavy atom. The van der Waals surface area contributed by atoms with E-state index in [4.69, 9.17) is 22.8 Å². The van der Waals surface area contributed by atoms with Crippen LogP contribution < -0.4 is 16.6 Å². The number of nitrogens with two attached hydrogens (primary N) is 1. The Labute approximate surface area is 89.9 Å². The molecule has 1 heterocycles. The molecular weight excluding hydrogens is 200 g/mol. The summed E-state index contributed by atoms with van der Waals surface area (Å²) in [5.41, 5.74) is 2.38. The minimum Gasteiger partial charge on any atom is -0.374 e. The van der Waals surface area contributed by atoms with Crippen molar-refractivity contribution in [3.8, 4) is 0 Å². The molecular formula is C8H18N4OS. The zero-order chi connectivity index (χ0) is 10.4. The van der Waals surface area contributed by atoms with Gasteiger partial charge in [-0.3, -0.25) is 4.90 Å². The Kier molecular flexibility index (Phi) is 5.10. The Bertz CT molecular complexity index is 190. The number of thiocarbonyl (C=S) groups is 1. The third kappa shape index (κ3) is 3.75. The van der Waals surface area contributed by atoms with Crippen molar-refractivity contribution in [1.29, 1.82) is 0 Å². The SMILES string of the molecule is CCN1CCOC(CNC(=S)NN)C1. The summed E-state index contributed by atoms with van der Waals surface area (Å²) in [4.78, 5) is 2.36. The molecule has 0 radical (unpaired) electrons. The van der Waals surface area contributed by atoms with Crippen molar-refractivity contribution in [2.24, 2.45) is 5.84 Å². The van der Waals surface area contributed by atoms with E-state index in [1.165, 1.54) is 0 Å². The van der Waals surface area contributed by atoms with Gasteiger partial charge in [-0.25, -0.2) is 5.84 Å². The number of hydrogen-bond donors (Lipinski definition) is 3. The highest BCUT2D eigenvalue weighted by atomic mass is 32.1. The van der Waals surface area contributed by atoms with E-state index in [1.807, 2.05) is 0 Å². The molecule has 0 aromatic carbocycles. The molecule has 0 bridgehead atoms. The molecule has 0 aromatic rings. The lowest BCUT2D eigenvalue weighted by Crippen LogP contribution is -2.49. The molecule has 1 aliphatic rings. The van der Waals surface area contributed by atoms with Gasteiger partial charge in [0.25, 0.3) is 0 Å². The number of nitrogens with zero attached hydrogens (tertiary/aromatic N) is 1. The third-order valence-electron chi connectivity index (χ3n) is 2.29. The molecule has 0 saturated carbocycles. The Hall–Kier alpha value is -0.430. The maximum absolute atomic E-state index is 5.57. The topological polar surface area (TPSA) is 62.5 Å². The lowest BCUT2D eigenvalue weighted by molar-refractivity contribution is -0.0233. The Morgan fingerprint density at radius 1 is 1.71 bits per heavy atom. The van der Waals surface area contributed by atoms with Gasteiger partial charge in [-0.15, -0.1) is 0 Å². The molecule has 0 aromatic heterocycles. The van der Waals surface area contributed by atoms with Gasteiger partial charge >= 0.3 is 0 Å². The van der Waals surface area contributed by atoms with Crippen LogP contribution in [0.1, 0.15) is 6.92 Å². The van der Waals surface area contributed by atoms with Crippen molar-refractivity contribution in [2.75, 3.05) is 32.8 Å². The predicted molar refractivity (Wildman–Crippen MR) is 59.8 cm³/mol. The fraction of sp³-hybridized carbons (Fsp3) is 0.875. The van der Waals surface area contributed by atoms with Gasteiger partial charge in [0, 0.05) is 19.6 Å². The van der Waals surface area contributed by atoms with Gasteiger partial charge in [0.2, 0.25) is 0 Å². The summed E-state index contributed by atoms with van der Waals surface area (Å²) in [7, 11) is 0. The van der Waals surface area contributed by atoms with Gasteiger partial charge in [0.15, 0.2) is 5.11 Å². The first kappa shape index (κ1) is 11.6. The predicted octanol–water partition coefficient (Wildman–Crippen LogP) is -0.955. The highest BCUT2D eigenvalue weighted by Gasteiger charge is 2.18. The second-order valence-electron chi connectivity index (χ2n) is 3.24. The standard InChI is InChI=1S/C8H18N4OS/c1-2-12-3-4-13-7(6-12)5-10-8(14)11-9/h7H,2-6,9H2,1H3,(H2,10,11,14). The minimum absolute atomic E-state index is 0.204. The second kappa shape index (κ2) is 6.13. The molecule has 1 rings (SSSR count). The summed E-state index contributed by atoms with van der Waals surface area (Å²) in [5.74, 6) is 5.14. The molecule has 5 nitrogen and oxygen atoms in total. The van der Waals surface area contributed by atoms with Crippen LogP contribution in [0.15, 0.2) is 0 Å². The number of likely N-dealkylation sites (N-methyl/N-ethyl adjacent to an activating group) is 1. The van der Waals surface area contributed by atoms with Crippen molar-refractivity contribution in [3.63, 3.8) is 0 Å². The zero-order valence-corrected chi connectivity index (χ0v) is 9.27. The fourth-order valence-electron chi connectivity index (χ4n) is 1.45. The average molecular weight is 218 g/mol. The van der Waals surface area contributed by atoms with Crippen molar-refractivity contribution in [3.05, 3.63) is 0 Å². The minimum atomic E-state index is 0.204. The number of rotatable bonds is 3. The van der Waals surface area contributed by atoms with Crippen LogP contribution in [-0.4, -0.2) is 48.9 Å². The van der Waals surface area contributed by atoms with E-state index in [0.717, 1.165) is 26.2 Å². The van der Waals surface area contributed by atoms with Gasteiger partial charge in [-0.1, -0.05) is 6.92 Å². The first-order valence-corrected chi connectivity index (χ1v) is 5.25. The molecule has 82 valence electrons. The zero-order valence-electron chi connectivity index (χ0n) is 8.45. The van der Waals surface area contributed by atoms with E-state index >= 15 is 0 Å². The van der Waals surface area contributed by atoms with Crippen LogP contribution in [0.2, 0.25) is 0 Å². The largest absolute Gasteiger partial charge is 0.374 e. The highest BCUT2D eigenvalue weighted by molar-refractivity contribution is 7.80. The van der Waals surface area contributed by atoms with Crippen molar-refractivity contribution in [2.45, 2.75) is 13.0 Å². The van der Waals surface area contributed by atoms with E-state index in [1.54, 1.807) is 0 Å². The maximum Gasteiger partial charge on any atom is 0.180 e. The number of nitrogens with one attached hydrogen (secondary N) is 2. The Balaban J connectivity index is 2.20. The number of ether oxygens (including phenoxy) is 1. The van der Waals surface area contributed by atoms with Crippen LogP contribution in [0.4, 0.5) is 0 Å². The molecule has 0 amide bonds. The summed E-state index contributed by atoms with van der Waals surface area (Å²) in [6.07, 6.45) is 0.204. The van der Waals surface area contributed by atoms with Crippen LogP contribution in [-0.2, 0) is 4.74 Å². The van der Waals surface area contributed by atoms with E-state index in [9.17, 15) is 0 Å².